The van der Waals surface area contributed by atoms with Crippen molar-refractivity contribution in [3.8, 4) is 0 Å². The first-order chi connectivity index (χ1) is 8.06. The minimum absolute atomic E-state index is 0.0154. The Bertz CT molecular complexity index is 240. The molecule has 100 valence electrons. The number of amides is 1. The van der Waals surface area contributed by atoms with Crippen LogP contribution in [0.1, 0.15) is 40.0 Å². The largest absolute Gasteiger partial charge is 0.381 e. The fourth-order valence-electron chi connectivity index (χ4n) is 2.17. The van der Waals surface area contributed by atoms with E-state index >= 15 is 0 Å². The van der Waals surface area contributed by atoms with Crippen molar-refractivity contribution in [3.63, 3.8) is 0 Å². The van der Waals surface area contributed by atoms with Crippen LogP contribution in [-0.2, 0) is 9.53 Å². The van der Waals surface area contributed by atoms with Crippen molar-refractivity contribution in [2.45, 2.75) is 52.1 Å². The Morgan fingerprint density at radius 2 is 2.00 bits per heavy atom. The topological polar surface area (TPSA) is 64.4 Å². The zero-order valence-corrected chi connectivity index (χ0v) is 11.2. The summed E-state index contributed by atoms with van der Waals surface area (Å²) in [6.45, 7) is 7.75. The van der Waals surface area contributed by atoms with Crippen molar-refractivity contribution >= 4 is 5.91 Å². The third-order valence-electron chi connectivity index (χ3n) is 3.90. The molecule has 0 radical (unpaired) electrons. The predicted octanol–water partition coefficient (Wildman–Crippen LogP) is 1.29. The van der Waals surface area contributed by atoms with E-state index in [1.165, 1.54) is 0 Å². The second kappa shape index (κ2) is 6.97. The Kier molecular flexibility index (Phi) is 5.92. The van der Waals surface area contributed by atoms with Crippen LogP contribution in [0.15, 0.2) is 0 Å². The summed E-state index contributed by atoms with van der Waals surface area (Å²) >= 11 is 0. The predicted molar refractivity (Wildman–Crippen MR) is 68.6 cm³/mol. The molecular weight excluding hydrogens is 216 g/mol. The van der Waals surface area contributed by atoms with Crippen LogP contribution < -0.4 is 11.1 Å². The highest BCUT2D eigenvalue weighted by molar-refractivity contribution is 5.82. The molecule has 0 aromatic rings. The normalized spacial score (nSPS) is 22.8. The van der Waals surface area contributed by atoms with E-state index in [0.717, 1.165) is 32.5 Å². The van der Waals surface area contributed by atoms with E-state index in [0.29, 0.717) is 5.92 Å². The van der Waals surface area contributed by atoms with E-state index in [1.54, 1.807) is 0 Å². The van der Waals surface area contributed by atoms with Crippen molar-refractivity contribution in [1.29, 1.82) is 0 Å². The van der Waals surface area contributed by atoms with E-state index in [9.17, 15) is 4.79 Å². The van der Waals surface area contributed by atoms with Gasteiger partial charge in [0, 0.05) is 19.3 Å². The molecule has 3 atom stereocenters. The van der Waals surface area contributed by atoms with Crippen LogP contribution in [-0.4, -0.2) is 31.2 Å². The summed E-state index contributed by atoms with van der Waals surface area (Å²) in [6, 6.07) is -0.191. The lowest BCUT2D eigenvalue weighted by Crippen LogP contribution is -2.50. The lowest BCUT2D eigenvalue weighted by Gasteiger charge is -2.29. The molecule has 1 amide bonds. The highest BCUT2D eigenvalue weighted by atomic mass is 16.5. The van der Waals surface area contributed by atoms with E-state index < -0.39 is 0 Å². The maximum absolute atomic E-state index is 11.9. The van der Waals surface area contributed by atoms with Gasteiger partial charge in [-0.05, 0) is 31.6 Å². The van der Waals surface area contributed by atoms with Gasteiger partial charge in [-0.15, -0.1) is 0 Å². The van der Waals surface area contributed by atoms with E-state index in [4.69, 9.17) is 10.5 Å². The fourth-order valence-corrected chi connectivity index (χ4v) is 2.17. The molecule has 4 heteroatoms. The van der Waals surface area contributed by atoms with Gasteiger partial charge in [-0.3, -0.25) is 4.79 Å². The number of hydrogen-bond donors (Lipinski definition) is 2. The van der Waals surface area contributed by atoms with Gasteiger partial charge in [-0.2, -0.15) is 0 Å². The Balaban J connectivity index is 2.38. The fraction of sp³-hybridized carbons (Fsp3) is 0.923. The van der Waals surface area contributed by atoms with E-state index in [1.807, 2.05) is 6.92 Å². The monoisotopic (exact) mass is 242 g/mol. The molecule has 0 aromatic heterocycles. The Morgan fingerprint density at radius 3 is 2.53 bits per heavy atom. The van der Waals surface area contributed by atoms with Crippen LogP contribution in [0.4, 0.5) is 0 Å². The van der Waals surface area contributed by atoms with Gasteiger partial charge in [0.25, 0.3) is 0 Å². The highest BCUT2D eigenvalue weighted by Crippen LogP contribution is 2.18. The molecule has 0 saturated carbocycles. The minimum Gasteiger partial charge on any atom is -0.381 e. The van der Waals surface area contributed by atoms with Crippen molar-refractivity contribution < 1.29 is 9.53 Å². The molecule has 1 aliphatic heterocycles. The zero-order valence-electron chi connectivity index (χ0n) is 11.2. The second-order valence-corrected chi connectivity index (χ2v) is 5.16. The third kappa shape index (κ3) is 4.28. The maximum atomic E-state index is 11.9. The molecule has 1 aliphatic rings. The number of carbonyl (C=O) groups is 1. The molecule has 17 heavy (non-hydrogen) atoms. The van der Waals surface area contributed by atoms with Crippen LogP contribution in [0.5, 0.6) is 0 Å². The number of rotatable bonds is 5. The van der Waals surface area contributed by atoms with Crippen LogP contribution in [0, 0.1) is 11.8 Å². The number of ether oxygens (including phenoxy) is 1. The highest BCUT2D eigenvalue weighted by Gasteiger charge is 2.25. The Labute approximate surface area is 104 Å². The van der Waals surface area contributed by atoms with E-state index in [-0.39, 0.29) is 23.9 Å². The second-order valence-electron chi connectivity index (χ2n) is 5.16. The van der Waals surface area contributed by atoms with Gasteiger partial charge in [0.2, 0.25) is 5.91 Å². The van der Waals surface area contributed by atoms with Gasteiger partial charge in [-0.1, -0.05) is 20.3 Å². The molecule has 1 fully saturated rings. The first-order valence-electron chi connectivity index (χ1n) is 6.70. The van der Waals surface area contributed by atoms with Gasteiger partial charge < -0.3 is 15.8 Å². The molecule has 0 bridgehead atoms. The molecule has 1 unspecified atom stereocenters. The van der Waals surface area contributed by atoms with Crippen molar-refractivity contribution in [1.82, 2.24) is 5.32 Å². The van der Waals surface area contributed by atoms with Crippen molar-refractivity contribution in [2.24, 2.45) is 17.6 Å². The quantitative estimate of drug-likeness (QED) is 0.763. The average molecular weight is 242 g/mol. The van der Waals surface area contributed by atoms with Gasteiger partial charge in [-0.25, -0.2) is 0 Å². The molecule has 4 nitrogen and oxygen atoms in total. The minimum atomic E-state index is -0.387. The first kappa shape index (κ1) is 14.5. The van der Waals surface area contributed by atoms with Crippen LogP contribution in [0.25, 0.3) is 0 Å². The molecule has 3 N–H and O–H groups in total. The molecule has 0 aromatic carbocycles. The van der Waals surface area contributed by atoms with Gasteiger partial charge in [0.05, 0.1) is 6.04 Å². The lowest BCUT2D eigenvalue weighted by atomic mass is 9.92. The summed E-state index contributed by atoms with van der Waals surface area (Å²) in [7, 11) is 0. The molecule has 0 aliphatic carbocycles. The van der Waals surface area contributed by atoms with Crippen LogP contribution in [0.3, 0.4) is 0 Å². The first-order valence-corrected chi connectivity index (χ1v) is 6.70. The van der Waals surface area contributed by atoms with E-state index in [2.05, 4.69) is 19.2 Å². The molecule has 1 rings (SSSR count). The van der Waals surface area contributed by atoms with Crippen LogP contribution in [0.2, 0.25) is 0 Å². The average Bonchev–Trinajstić information content (AvgIpc) is 2.37. The third-order valence-corrected chi connectivity index (χ3v) is 3.90. The number of hydrogen-bond acceptors (Lipinski definition) is 3. The number of carbonyl (C=O) groups excluding carboxylic acids is 1. The molecule has 0 spiro atoms. The summed E-state index contributed by atoms with van der Waals surface area (Å²) < 4.78 is 5.32. The van der Waals surface area contributed by atoms with Crippen molar-refractivity contribution in [3.05, 3.63) is 0 Å². The summed E-state index contributed by atoms with van der Waals surface area (Å²) in [4.78, 5) is 11.9. The number of nitrogens with one attached hydrogen (secondary N) is 1. The van der Waals surface area contributed by atoms with Crippen molar-refractivity contribution in [2.75, 3.05) is 13.2 Å². The standard InChI is InChI=1S/C13H26N2O2/c1-4-9(2)12(14)13(16)15-10(3)11-5-7-17-8-6-11/h9-12H,4-8,14H2,1-3H3,(H,15,16)/t9-,10?,12-/m0/s1. The van der Waals surface area contributed by atoms with Crippen LogP contribution >= 0.6 is 0 Å². The lowest BCUT2D eigenvalue weighted by molar-refractivity contribution is -0.124. The molecule has 1 heterocycles. The van der Waals surface area contributed by atoms with Gasteiger partial charge >= 0.3 is 0 Å². The zero-order chi connectivity index (χ0) is 12.8. The Hall–Kier alpha value is -0.610. The van der Waals surface area contributed by atoms with Gasteiger partial charge in [0.1, 0.15) is 0 Å². The summed E-state index contributed by atoms with van der Waals surface area (Å²) in [5, 5.41) is 3.05. The van der Waals surface area contributed by atoms with Gasteiger partial charge in [0.15, 0.2) is 0 Å². The SMILES string of the molecule is CC[C@H](C)[C@H](N)C(=O)NC(C)C1CCOCC1. The number of nitrogens with two attached hydrogens (primary N) is 1. The Morgan fingerprint density at radius 1 is 1.41 bits per heavy atom. The molecular formula is C13H26N2O2. The smallest absolute Gasteiger partial charge is 0.237 e. The summed E-state index contributed by atoms with van der Waals surface area (Å²) in [5.41, 5.74) is 5.91. The summed E-state index contributed by atoms with van der Waals surface area (Å²) in [5.74, 6) is 0.743. The maximum Gasteiger partial charge on any atom is 0.237 e. The summed E-state index contributed by atoms with van der Waals surface area (Å²) in [6.07, 6.45) is 2.99. The molecule has 1 saturated heterocycles.